The number of hydrogen-bond donors (Lipinski definition) is 4. The highest BCUT2D eigenvalue weighted by atomic mass is 16.4. The zero-order chi connectivity index (χ0) is 16.3. The van der Waals surface area contributed by atoms with Gasteiger partial charge in [0.25, 0.3) is 0 Å². The van der Waals surface area contributed by atoms with Crippen molar-refractivity contribution in [3.05, 3.63) is 25.3 Å². The molecule has 0 saturated carbocycles. The summed E-state index contributed by atoms with van der Waals surface area (Å²) in [5, 5.41) is 16.8. The second-order valence-corrected chi connectivity index (χ2v) is 4.73. The molecule has 4 unspecified atom stereocenters. The van der Waals surface area contributed by atoms with Crippen molar-refractivity contribution >= 4 is 11.9 Å². The highest BCUT2D eigenvalue weighted by Crippen LogP contribution is 2.06. The highest BCUT2D eigenvalue weighted by molar-refractivity contribution is 5.73. The maximum Gasteiger partial charge on any atom is 0.320 e. The van der Waals surface area contributed by atoms with Crippen LogP contribution < -0.4 is 11.5 Å². The van der Waals surface area contributed by atoms with E-state index in [-0.39, 0.29) is 19.3 Å². The molecule has 21 heavy (non-hydrogen) atoms. The summed E-state index contributed by atoms with van der Waals surface area (Å²) in [6.45, 7) is 10.6. The third-order valence-corrected chi connectivity index (χ3v) is 2.87. The first-order chi connectivity index (χ1) is 9.18. The van der Waals surface area contributed by atoms with E-state index in [1.165, 1.54) is 0 Å². The summed E-state index contributed by atoms with van der Waals surface area (Å²) in [5.41, 5.74) is 10.6. The molecule has 0 rings (SSSR count). The third-order valence-electron chi connectivity index (χ3n) is 2.87. The average Bonchev–Trinajstić information content (AvgIpc) is 2.37. The lowest BCUT2D eigenvalue weighted by Gasteiger charge is -2.12. The predicted molar refractivity (Wildman–Crippen MR) is 85.9 cm³/mol. The van der Waals surface area contributed by atoms with Crippen molar-refractivity contribution in [2.24, 2.45) is 23.3 Å². The molecule has 0 radical (unpaired) electrons. The molecular weight excluding hydrogens is 272 g/mol. The average molecular weight is 302 g/mol. The predicted octanol–water partition coefficient (Wildman–Crippen LogP) is 1.86. The maximum atomic E-state index is 10.3. The van der Waals surface area contributed by atoms with Crippen LogP contribution in [0.3, 0.4) is 0 Å². The molecule has 0 fully saturated rings. The molecule has 0 aromatic rings. The standard InChI is InChI=1S/2C7H13NO2.CH4/c2*1-3-4-5(2)6(8)7(9)10;/h2*3,5-6H,1,4,8H2,2H3,(H,9,10);1H4. The summed E-state index contributed by atoms with van der Waals surface area (Å²) in [6.07, 6.45) is 4.64. The van der Waals surface area contributed by atoms with E-state index < -0.39 is 24.0 Å². The van der Waals surface area contributed by atoms with Gasteiger partial charge in [-0.25, -0.2) is 0 Å². The van der Waals surface area contributed by atoms with Gasteiger partial charge in [0.2, 0.25) is 0 Å². The summed E-state index contributed by atoms with van der Waals surface area (Å²) in [4.78, 5) is 20.5. The van der Waals surface area contributed by atoms with Crippen molar-refractivity contribution in [3.8, 4) is 0 Å². The topological polar surface area (TPSA) is 127 Å². The van der Waals surface area contributed by atoms with Crippen LogP contribution in [0.5, 0.6) is 0 Å². The minimum absolute atomic E-state index is 0. The van der Waals surface area contributed by atoms with E-state index in [4.69, 9.17) is 21.7 Å². The molecule has 0 amide bonds. The van der Waals surface area contributed by atoms with E-state index in [1.54, 1.807) is 26.0 Å². The molecule has 0 saturated heterocycles. The SMILES string of the molecule is C.C=CCC(C)C(N)C(=O)O.C=CCC(C)C(N)C(=O)O. The lowest BCUT2D eigenvalue weighted by molar-refractivity contribution is -0.140. The van der Waals surface area contributed by atoms with Gasteiger partial charge < -0.3 is 21.7 Å². The summed E-state index contributed by atoms with van der Waals surface area (Å²) in [7, 11) is 0. The van der Waals surface area contributed by atoms with Crippen LogP contribution >= 0.6 is 0 Å². The number of carboxylic acids is 2. The summed E-state index contributed by atoms with van der Waals surface area (Å²) < 4.78 is 0. The van der Waals surface area contributed by atoms with Crippen LogP contribution in [-0.2, 0) is 9.59 Å². The van der Waals surface area contributed by atoms with Gasteiger partial charge in [0, 0.05) is 0 Å². The minimum Gasteiger partial charge on any atom is -0.480 e. The van der Waals surface area contributed by atoms with Crippen LogP contribution in [0.25, 0.3) is 0 Å². The van der Waals surface area contributed by atoms with Crippen molar-refractivity contribution in [2.45, 2.75) is 46.2 Å². The molecule has 0 bridgehead atoms. The molecule has 6 N–H and O–H groups in total. The quantitative estimate of drug-likeness (QED) is 0.507. The van der Waals surface area contributed by atoms with E-state index in [0.29, 0.717) is 12.8 Å². The van der Waals surface area contributed by atoms with Gasteiger partial charge in [0.05, 0.1) is 0 Å². The van der Waals surface area contributed by atoms with Crippen molar-refractivity contribution in [1.82, 2.24) is 0 Å². The van der Waals surface area contributed by atoms with E-state index in [9.17, 15) is 9.59 Å². The maximum absolute atomic E-state index is 10.3. The number of rotatable bonds is 8. The number of carboxylic acid groups (broad SMARTS) is 2. The number of aliphatic carboxylic acids is 2. The van der Waals surface area contributed by atoms with E-state index >= 15 is 0 Å². The lowest BCUT2D eigenvalue weighted by atomic mass is 10.00. The Bertz CT molecular complexity index is 300. The number of allylic oxidation sites excluding steroid dienone is 2. The fraction of sp³-hybridized carbons (Fsp3) is 0.600. The van der Waals surface area contributed by atoms with Crippen LogP contribution in [-0.4, -0.2) is 34.2 Å². The fourth-order valence-electron chi connectivity index (χ4n) is 1.31. The Morgan fingerprint density at radius 3 is 1.33 bits per heavy atom. The van der Waals surface area contributed by atoms with Crippen LogP contribution in [0, 0.1) is 11.8 Å². The third kappa shape index (κ3) is 11.8. The van der Waals surface area contributed by atoms with Gasteiger partial charge in [0.1, 0.15) is 12.1 Å². The Morgan fingerprint density at radius 1 is 0.952 bits per heavy atom. The van der Waals surface area contributed by atoms with Gasteiger partial charge in [-0.05, 0) is 24.7 Å². The minimum atomic E-state index is -0.950. The van der Waals surface area contributed by atoms with Gasteiger partial charge in [-0.15, -0.1) is 13.2 Å². The molecule has 0 aliphatic carbocycles. The molecule has 0 aliphatic rings. The van der Waals surface area contributed by atoms with Crippen molar-refractivity contribution in [1.29, 1.82) is 0 Å². The van der Waals surface area contributed by atoms with Crippen molar-refractivity contribution in [3.63, 3.8) is 0 Å². The monoisotopic (exact) mass is 302 g/mol. The molecule has 6 nitrogen and oxygen atoms in total. The zero-order valence-corrected chi connectivity index (χ0v) is 12.2. The Hall–Kier alpha value is -1.66. The molecule has 4 atom stereocenters. The van der Waals surface area contributed by atoms with Crippen molar-refractivity contribution < 1.29 is 19.8 Å². The van der Waals surface area contributed by atoms with Crippen LogP contribution in [0.2, 0.25) is 0 Å². The lowest BCUT2D eigenvalue weighted by Crippen LogP contribution is -2.36. The van der Waals surface area contributed by atoms with Gasteiger partial charge in [-0.3, -0.25) is 9.59 Å². The van der Waals surface area contributed by atoms with E-state index in [1.807, 2.05) is 0 Å². The van der Waals surface area contributed by atoms with E-state index in [0.717, 1.165) is 0 Å². The molecule has 0 heterocycles. The first-order valence-electron chi connectivity index (χ1n) is 6.37. The van der Waals surface area contributed by atoms with Gasteiger partial charge in [0.15, 0.2) is 0 Å². The molecule has 0 aromatic carbocycles. The summed E-state index contributed by atoms with van der Waals surface area (Å²) in [6, 6.07) is -1.53. The van der Waals surface area contributed by atoms with Gasteiger partial charge in [-0.1, -0.05) is 33.4 Å². The number of hydrogen-bond acceptors (Lipinski definition) is 4. The number of nitrogens with two attached hydrogens (primary N) is 2. The second-order valence-electron chi connectivity index (χ2n) is 4.73. The van der Waals surface area contributed by atoms with Crippen LogP contribution in [0.4, 0.5) is 0 Å². The van der Waals surface area contributed by atoms with Crippen LogP contribution in [0.15, 0.2) is 25.3 Å². The molecule has 0 aliphatic heterocycles. The van der Waals surface area contributed by atoms with Crippen LogP contribution in [0.1, 0.15) is 34.1 Å². The molecular formula is C15H30N2O4. The summed E-state index contributed by atoms with van der Waals surface area (Å²) >= 11 is 0. The summed E-state index contributed by atoms with van der Waals surface area (Å²) in [5.74, 6) is -1.96. The second kappa shape index (κ2) is 13.3. The Kier molecular flexibility index (Phi) is 15.5. The van der Waals surface area contributed by atoms with Gasteiger partial charge >= 0.3 is 11.9 Å². The normalized spacial score (nSPS) is 15.0. The van der Waals surface area contributed by atoms with E-state index in [2.05, 4.69) is 13.2 Å². The molecule has 6 heteroatoms. The largest absolute Gasteiger partial charge is 0.480 e. The molecule has 0 spiro atoms. The first kappa shape index (κ1) is 24.4. The Morgan fingerprint density at radius 2 is 1.19 bits per heavy atom. The zero-order valence-electron chi connectivity index (χ0n) is 12.2. The number of carbonyl (C=O) groups is 2. The van der Waals surface area contributed by atoms with Crippen molar-refractivity contribution in [2.75, 3.05) is 0 Å². The Balaban J connectivity index is -0.000000295. The molecule has 0 aromatic heterocycles. The highest BCUT2D eigenvalue weighted by Gasteiger charge is 2.18. The smallest absolute Gasteiger partial charge is 0.320 e. The van der Waals surface area contributed by atoms with Gasteiger partial charge in [-0.2, -0.15) is 0 Å². The molecule has 124 valence electrons. The Labute approximate surface area is 127 Å². The fourth-order valence-corrected chi connectivity index (χ4v) is 1.31. The first-order valence-corrected chi connectivity index (χ1v) is 6.37.